The molecule has 0 spiro atoms. The van der Waals surface area contributed by atoms with Crippen molar-refractivity contribution in [3.05, 3.63) is 34.9 Å². The summed E-state index contributed by atoms with van der Waals surface area (Å²) >= 11 is 5.77. The quantitative estimate of drug-likeness (QED) is 0.586. The van der Waals surface area contributed by atoms with Crippen molar-refractivity contribution in [3.8, 4) is 0 Å². The Balaban J connectivity index is 2.99. The SMILES string of the molecule is CC(C)([SiH3])c1ccc(Cl)cc1. The van der Waals surface area contributed by atoms with E-state index in [0.717, 1.165) is 5.02 Å². The molecule has 0 aliphatic heterocycles. The fourth-order valence-electron chi connectivity index (χ4n) is 0.950. The van der Waals surface area contributed by atoms with Crippen molar-refractivity contribution < 1.29 is 0 Å². The van der Waals surface area contributed by atoms with Crippen LogP contribution in [0.25, 0.3) is 0 Å². The maximum Gasteiger partial charge on any atom is 0.0406 e. The van der Waals surface area contributed by atoms with Crippen LogP contribution in [0.4, 0.5) is 0 Å². The Kier molecular flexibility index (Phi) is 2.40. The van der Waals surface area contributed by atoms with E-state index in [4.69, 9.17) is 11.6 Å². The molecule has 0 aromatic heterocycles. The Hall–Kier alpha value is -0.273. The van der Waals surface area contributed by atoms with E-state index < -0.39 is 0 Å². The Morgan fingerprint density at radius 1 is 1.18 bits per heavy atom. The third kappa shape index (κ3) is 2.35. The smallest absolute Gasteiger partial charge is 0.0406 e. The molecule has 0 nitrogen and oxygen atoms in total. The van der Waals surface area contributed by atoms with Crippen molar-refractivity contribution in [1.29, 1.82) is 0 Å². The van der Waals surface area contributed by atoms with Gasteiger partial charge in [0.15, 0.2) is 0 Å². The molecule has 1 rings (SSSR count). The van der Waals surface area contributed by atoms with Crippen LogP contribution in [0.15, 0.2) is 24.3 Å². The van der Waals surface area contributed by atoms with Crippen LogP contribution < -0.4 is 0 Å². The van der Waals surface area contributed by atoms with E-state index in [1.807, 2.05) is 12.1 Å². The third-order valence-electron chi connectivity index (χ3n) is 1.71. The molecule has 0 bridgehead atoms. The summed E-state index contributed by atoms with van der Waals surface area (Å²) in [6, 6.07) is 8.12. The Morgan fingerprint density at radius 2 is 1.64 bits per heavy atom. The lowest BCUT2D eigenvalue weighted by molar-refractivity contribution is 0.764. The van der Waals surface area contributed by atoms with Gasteiger partial charge in [-0.3, -0.25) is 0 Å². The van der Waals surface area contributed by atoms with Crippen LogP contribution >= 0.6 is 11.6 Å². The van der Waals surface area contributed by atoms with E-state index in [9.17, 15) is 0 Å². The van der Waals surface area contributed by atoms with E-state index in [0.29, 0.717) is 5.04 Å². The lowest BCUT2D eigenvalue weighted by atomic mass is 10.0. The number of halogens is 1. The standard InChI is InChI=1S/C9H13ClSi/c1-9(2,11)7-3-5-8(10)6-4-7/h3-6H,1-2,11H3. The van der Waals surface area contributed by atoms with E-state index >= 15 is 0 Å². The van der Waals surface area contributed by atoms with Crippen molar-refractivity contribution >= 4 is 21.8 Å². The van der Waals surface area contributed by atoms with E-state index in [2.05, 4.69) is 26.0 Å². The van der Waals surface area contributed by atoms with Gasteiger partial charge in [-0.1, -0.05) is 37.6 Å². The Morgan fingerprint density at radius 3 is 2.00 bits per heavy atom. The fraction of sp³-hybridized carbons (Fsp3) is 0.333. The molecule has 1 aromatic carbocycles. The summed E-state index contributed by atoms with van der Waals surface area (Å²) in [5.74, 6) is 0. The van der Waals surface area contributed by atoms with Crippen molar-refractivity contribution in [2.75, 3.05) is 0 Å². The van der Waals surface area contributed by atoms with Crippen LogP contribution in [0, 0.1) is 0 Å². The summed E-state index contributed by atoms with van der Waals surface area (Å²) in [7, 11) is 1.17. The molecule has 0 aliphatic rings. The topological polar surface area (TPSA) is 0 Å². The van der Waals surface area contributed by atoms with Crippen LogP contribution in [-0.4, -0.2) is 10.2 Å². The first-order valence-corrected chi connectivity index (χ1v) is 5.14. The van der Waals surface area contributed by atoms with Gasteiger partial charge in [-0.2, -0.15) is 0 Å². The van der Waals surface area contributed by atoms with Crippen LogP contribution in [-0.2, 0) is 5.04 Å². The first-order valence-electron chi connectivity index (χ1n) is 3.76. The lowest BCUT2D eigenvalue weighted by Gasteiger charge is -2.18. The lowest BCUT2D eigenvalue weighted by Crippen LogP contribution is -2.15. The van der Waals surface area contributed by atoms with E-state index in [1.54, 1.807) is 0 Å². The summed E-state index contributed by atoms with van der Waals surface area (Å²) in [5, 5.41) is 1.18. The molecule has 60 valence electrons. The molecule has 0 N–H and O–H groups in total. The van der Waals surface area contributed by atoms with Crippen molar-refractivity contribution in [2.24, 2.45) is 0 Å². The van der Waals surface area contributed by atoms with Gasteiger partial charge in [-0.05, 0) is 22.7 Å². The molecule has 0 amide bonds. The maximum absolute atomic E-state index is 5.77. The highest BCUT2D eigenvalue weighted by molar-refractivity contribution is 6.30. The number of hydrogen-bond acceptors (Lipinski definition) is 0. The van der Waals surface area contributed by atoms with Crippen molar-refractivity contribution in [2.45, 2.75) is 18.9 Å². The maximum atomic E-state index is 5.77. The zero-order valence-corrected chi connectivity index (χ0v) is 9.94. The van der Waals surface area contributed by atoms with E-state index in [1.165, 1.54) is 15.8 Å². The first kappa shape index (κ1) is 8.82. The van der Waals surface area contributed by atoms with Crippen LogP contribution in [0.1, 0.15) is 19.4 Å². The van der Waals surface area contributed by atoms with Crippen molar-refractivity contribution in [1.82, 2.24) is 0 Å². The molecule has 0 radical (unpaired) electrons. The normalized spacial score (nSPS) is 11.9. The van der Waals surface area contributed by atoms with Gasteiger partial charge in [-0.15, -0.1) is 0 Å². The predicted octanol–water partition coefficient (Wildman–Crippen LogP) is 1.94. The number of rotatable bonds is 1. The highest BCUT2D eigenvalue weighted by Crippen LogP contribution is 2.20. The zero-order valence-electron chi connectivity index (χ0n) is 7.19. The highest BCUT2D eigenvalue weighted by Gasteiger charge is 2.12. The second-order valence-corrected chi connectivity index (χ2v) is 6.69. The van der Waals surface area contributed by atoms with Gasteiger partial charge in [-0.25, -0.2) is 0 Å². The molecule has 0 saturated heterocycles. The molecule has 0 fully saturated rings. The molecule has 0 saturated carbocycles. The van der Waals surface area contributed by atoms with Gasteiger partial charge in [0.05, 0.1) is 0 Å². The summed E-state index contributed by atoms with van der Waals surface area (Å²) in [5.41, 5.74) is 1.38. The van der Waals surface area contributed by atoms with Crippen LogP contribution in [0.3, 0.4) is 0 Å². The molecule has 11 heavy (non-hydrogen) atoms. The van der Waals surface area contributed by atoms with Crippen LogP contribution in [0.2, 0.25) is 5.02 Å². The van der Waals surface area contributed by atoms with Gasteiger partial charge in [0, 0.05) is 15.3 Å². The number of hydrogen-bond donors (Lipinski definition) is 0. The fourth-order valence-corrected chi connectivity index (χ4v) is 1.41. The van der Waals surface area contributed by atoms with Crippen LogP contribution in [0.5, 0.6) is 0 Å². The predicted molar refractivity (Wildman–Crippen MR) is 54.4 cm³/mol. The summed E-state index contributed by atoms with van der Waals surface area (Å²) < 4.78 is 0. The van der Waals surface area contributed by atoms with Gasteiger partial charge < -0.3 is 0 Å². The van der Waals surface area contributed by atoms with Gasteiger partial charge in [0.2, 0.25) is 0 Å². The van der Waals surface area contributed by atoms with E-state index in [-0.39, 0.29) is 0 Å². The first-order chi connectivity index (χ1) is 5.00. The molecule has 1 aromatic rings. The minimum Gasteiger partial charge on any atom is -0.0843 e. The molecule has 0 aliphatic carbocycles. The zero-order chi connectivity index (χ0) is 8.48. The monoisotopic (exact) mass is 184 g/mol. The second-order valence-electron chi connectivity index (χ2n) is 3.76. The minimum absolute atomic E-state index is 0.366. The molecule has 0 heterocycles. The van der Waals surface area contributed by atoms with Gasteiger partial charge >= 0.3 is 0 Å². The second kappa shape index (κ2) is 3.00. The van der Waals surface area contributed by atoms with Gasteiger partial charge in [0.1, 0.15) is 0 Å². The largest absolute Gasteiger partial charge is 0.0843 e. The highest BCUT2D eigenvalue weighted by atomic mass is 35.5. The van der Waals surface area contributed by atoms with Gasteiger partial charge in [0.25, 0.3) is 0 Å². The van der Waals surface area contributed by atoms with Crippen molar-refractivity contribution in [3.63, 3.8) is 0 Å². The average Bonchev–Trinajstić information content (AvgIpc) is 1.86. The summed E-state index contributed by atoms with van der Waals surface area (Å²) in [4.78, 5) is 0. The molecular formula is C9H13ClSi. The Bertz CT molecular complexity index is 233. The summed E-state index contributed by atoms with van der Waals surface area (Å²) in [6.45, 7) is 4.50. The molecule has 0 atom stereocenters. The Labute approximate surface area is 76.0 Å². The third-order valence-corrected chi connectivity index (χ3v) is 2.54. The summed E-state index contributed by atoms with van der Waals surface area (Å²) in [6.07, 6.45) is 0. The molecule has 0 unspecified atom stereocenters. The number of benzene rings is 1. The minimum atomic E-state index is 0.366. The molecule has 2 heteroatoms. The molecular weight excluding hydrogens is 172 g/mol. The average molecular weight is 185 g/mol.